The Kier molecular flexibility index (Phi) is 5.76. The van der Waals surface area contributed by atoms with Crippen LogP contribution in [-0.2, 0) is 10.3 Å². The van der Waals surface area contributed by atoms with Gasteiger partial charge in [0.15, 0.2) is 0 Å². The van der Waals surface area contributed by atoms with Gasteiger partial charge >= 0.3 is 0 Å². The predicted octanol–water partition coefficient (Wildman–Crippen LogP) is 3.37. The lowest BCUT2D eigenvalue weighted by Gasteiger charge is -2.30. The van der Waals surface area contributed by atoms with Crippen LogP contribution in [0, 0.1) is 0 Å². The molecule has 21 heavy (non-hydrogen) atoms. The van der Waals surface area contributed by atoms with Gasteiger partial charge in [0.05, 0.1) is 5.92 Å². The molecule has 1 aliphatic rings. The van der Waals surface area contributed by atoms with E-state index in [0.717, 1.165) is 51.1 Å². The van der Waals surface area contributed by atoms with Crippen LogP contribution >= 0.6 is 0 Å². The van der Waals surface area contributed by atoms with Crippen molar-refractivity contribution >= 4 is 0 Å². The van der Waals surface area contributed by atoms with Gasteiger partial charge in [-0.15, -0.1) is 0 Å². The highest BCUT2D eigenvalue weighted by atomic mass is 16.5. The Bertz CT molecular complexity index is 427. The Morgan fingerprint density at radius 2 is 2.14 bits per heavy atom. The molecule has 0 saturated carbocycles. The summed E-state index contributed by atoms with van der Waals surface area (Å²) in [5, 5.41) is 7.73. The third-order valence-corrected chi connectivity index (χ3v) is 4.46. The molecule has 1 fully saturated rings. The van der Waals surface area contributed by atoms with E-state index < -0.39 is 0 Å². The molecule has 3 unspecified atom stereocenters. The smallest absolute Gasteiger partial charge is 0.231 e. The van der Waals surface area contributed by atoms with Crippen molar-refractivity contribution in [1.82, 2.24) is 15.5 Å². The Labute approximate surface area is 127 Å². The van der Waals surface area contributed by atoms with Gasteiger partial charge in [0.25, 0.3) is 0 Å². The molecule has 2 rings (SSSR count). The molecule has 0 radical (unpaired) electrons. The monoisotopic (exact) mass is 295 g/mol. The van der Waals surface area contributed by atoms with Crippen molar-refractivity contribution < 1.29 is 9.26 Å². The van der Waals surface area contributed by atoms with Crippen molar-refractivity contribution in [3.05, 3.63) is 11.7 Å². The summed E-state index contributed by atoms with van der Waals surface area (Å²) >= 11 is 0. The number of nitrogens with one attached hydrogen (secondary N) is 1. The van der Waals surface area contributed by atoms with E-state index in [9.17, 15) is 0 Å². The highest BCUT2D eigenvalue weighted by molar-refractivity contribution is 5.04. The molecule has 1 aliphatic heterocycles. The first-order valence-corrected chi connectivity index (χ1v) is 8.32. The Balaban J connectivity index is 2.09. The summed E-state index contributed by atoms with van der Waals surface area (Å²) in [4.78, 5) is 4.66. The zero-order valence-corrected chi connectivity index (χ0v) is 13.8. The molecule has 5 nitrogen and oxygen atoms in total. The topological polar surface area (TPSA) is 60.2 Å². The van der Waals surface area contributed by atoms with Crippen LogP contribution in [0.2, 0.25) is 0 Å². The summed E-state index contributed by atoms with van der Waals surface area (Å²) in [6.45, 7) is 10.4. The van der Waals surface area contributed by atoms with E-state index in [4.69, 9.17) is 9.26 Å². The van der Waals surface area contributed by atoms with Gasteiger partial charge < -0.3 is 14.6 Å². The standard InChI is InChI=1S/C16H29N3O2/c1-5-10-17-12(3)13(6-2)14-18-15(19-21-14)16(4)9-7-8-11-20-16/h12-13,17H,5-11H2,1-4H3. The first-order chi connectivity index (χ1) is 10.1. The largest absolute Gasteiger partial charge is 0.367 e. The van der Waals surface area contributed by atoms with Crippen molar-refractivity contribution in [3.8, 4) is 0 Å². The number of aromatic nitrogens is 2. The minimum absolute atomic E-state index is 0.255. The number of ether oxygens (including phenoxy) is 1. The van der Waals surface area contributed by atoms with Crippen LogP contribution < -0.4 is 5.32 Å². The molecule has 1 aromatic rings. The molecule has 1 N–H and O–H groups in total. The minimum Gasteiger partial charge on any atom is -0.367 e. The second kappa shape index (κ2) is 7.36. The summed E-state index contributed by atoms with van der Waals surface area (Å²) in [5.74, 6) is 1.70. The lowest BCUT2D eigenvalue weighted by Crippen LogP contribution is -2.33. The summed E-state index contributed by atoms with van der Waals surface area (Å²) < 4.78 is 11.5. The third-order valence-electron chi connectivity index (χ3n) is 4.46. The molecule has 0 aromatic carbocycles. The van der Waals surface area contributed by atoms with Gasteiger partial charge in [-0.25, -0.2) is 0 Å². The van der Waals surface area contributed by atoms with Gasteiger partial charge in [0, 0.05) is 12.6 Å². The summed E-state index contributed by atoms with van der Waals surface area (Å²) in [6.07, 6.45) is 5.35. The highest BCUT2D eigenvalue weighted by Gasteiger charge is 2.36. The summed E-state index contributed by atoms with van der Waals surface area (Å²) in [7, 11) is 0. The summed E-state index contributed by atoms with van der Waals surface area (Å²) in [5.41, 5.74) is -0.377. The Morgan fingerprint density at radius 3 is 2.76 bits per heavy atom. The van der Waals surface area contributed by atoms with Crippen LogP contribution in [0.5, 0.6) is 0 Å². The fourth-order valence-corrected chi connectivity index (χ4v) is 2.97. The normalized spacial score (nSPS) is 25.7. The van der Waals surface area contributed by atoms with Crippen LogP contribution in [-0.4, -0.2) is 29.3 Å². The fraction of sp³-hybridized carbons (Fsp3) is 0.875. The average Bonchev–Trinajstić information content (AvgIpc) is 2.97. The van der Waals surface area contributed by atoms with E-state index in [1.54, 1.807) is 0 Å². The number of hydrogen-bond acceptors (Lipinski definition) is 5. The van der Waals surface area contributed by atoms with Crippen molar-refractivity contribution in [2.24, 2.45) is 0 Å². The summed E-state index contributed by atoms with van der Waals surface area (Å²) in [6, 6.07) is 0.336. The molecule has 0 aliphatic carbocycles. The number of nitrogens with zero attached hydrogens (tertiary/aromatic N) is 2. The molecule has 2 heterocycles. The van der Waals surface area contributed by atoms with E-state index in [2.05, 4.69) is 43.2 Å². The van der Waals surface area contributed by atoms with E-state index in [-0.39, 0.29) is 11.5 Å². The van der Waals surface area contributed by atoms with Crippen LogP contribution in [0.25, 0.3) is 0 Å². The molecule has 1 aromatic heterocycles. The second-order valence-electron chi connectivity index (χ2n) is 6.25. The van der Waals surface area contributed by atoms with Crippen molar-refractivity contribution in [2.45, 2.75) is 77.4 Å². The van der Waals surface area contributed by atoms with Gasteiger partial charge in [0.2, 0.25) is 11.7 Å². The van der Waals surface area contributed by atoms with E-state index in [0.29, 0.717) is 11.9 Å². The Hall–Kier alpha value is -0.940. The van der Waals surface area contributed by atoms with Gasteiger partial charge in [-0.2, -0.15) is 4.98 Å². The van der Waals surface area contributed by atoms with Crippen LogP contribution in [0.4, 0.5) is 0 Å². The molecule has 1 saturated heterocycles. The molecule has 3 atom stereocenters. The zero-order valence-electron chi connectivity index (χ0n) is 13.8. The van der Waals surface area contributed by atoms with Crippen molar-refractivity contribution in [3.63, 3.8) is 0 Å². The first kappa shape index (κ1) is 16.4. The average molecular weight is 295 g/mol. The quantitative estimate of drug-likeness (QED) is 0.835. The SMILES string of the molecule is CCCNC(C)C(CC)c1nc(C2(C)CCCCO2)no1. The van der Waals surface area contributed by atoms with Crippen molar-refractivity contribution in [2.75, 3.05) is 13.2 Å². The maximum atomic E-state index is 5.90. The maximum Gasteiger partial charge on any atom is 0.231 e. The molecule has 0 bridgehead atoms. The van der Waals surface area contributed by atoms with Crippen molar-refractivity contribution in [1.29, 1.82) is 0 Å². The van der Waals surface area contributed by atoms with Crippen LogP contribution in [0.15, 0.2) is 4.52 Å². The minimum atomic E-state index is -0.377. The number of rotatable bonds is 7. The predicted molar refractivity (Wildman–Crippen MR) is 82.2 cm³/mol. The fourth-order valence-electron chi connectivity index (χ4n) is 2.97. The third kappa shape index (κ3) is 3.83. The number of hydrogen-bond donors (Lipinski definition) is 1. The lowest BCUT2D eigenvalue weighted by atomic mass is 9.95. The van der Waals surface area contributed by atoms with Gasteiger partial charge in [0.1, 0.15) is 5.60 Å². The van der Waals surface area contributed by atoms with E-state index in [1.807, 2.05) is 0 Å². The van der Waals surface area contributed by atoms with E-state index >= 15 is 0 Å². The highest BCUT2D eigenvalue weighted by Crippen LogP contribution is 2.34. The second-order valence-corrected chi connectivity index (χ2v) is 6.25. The molecule has 120 valence electrons. The first-order valence-electron chi connectivity index (χ1n) is 8.32. The molecule has 0 amide bonds. The van der Waals surface area contributed by atoms with Gasteiger partial charge in [-0.05, 0) is 52.5 Å². The van der Waals surface area contributed by atoms with E-state index in [1.165, 1.54) is 0 Å². The zero-order chi connectivity index (χ0) is 15.3. The molecule has 0 spiro atoms. The molecular weight excluding hydrogens is 266 g/mol. The molecular formula is C16H29N3O2. The lowest BCUT2D eigenvalue weighted by molar-refractivity contribution is -0.0770. The maximum absolute atomic E-state index is 5.90. The van der Waals surface area contributed by atoms with Crippen LogP contribution in [0.1, 0.15) is 77.4 Å². The van der Waals surface area contributed by atoms with Gasteiger partial charge in [-0.3, -0.25) is 0 Å². The Morgan fingerprint density at radius 1 is 1.33 bits per heavy atom. The molecule has 5 heteroatoms. The van der Waals surface area contributed by atoms with Gasteiger partial charge in [-0.1, -0.05) is 19.0 Å². The van der Waals surface area contributed by atoms with Crippen LogP contribution in [0.3, 0.4) is 0 Å².